The van der Waals surface area contributed by atoms with Crippen LogP contribution in [0.5, 0.6) is 5.75 Å². The molecule has 0 amide bonds. The maximum absolute atomic E-state index is 12.9. The largest absolute Gasteiger partial charge is 0.491 e. The summed E-state index contributed by atoms with van der Waals surface area (Å²) < 4.78 is 49.3. The molecule has 2 N–H and O–H groups in total. The van der Waals surface area contributed by atoms with Crippen LogP contribution in [0.3, 0.4) is 0 Å². The first-order valence-electron chi connectivity index (χ1n) is 8.88. The molecule has 0 radical (unpaired) electrons. The van der Waals surface area contributed by atoms with Crippen molar-refractivity contribution in [1.82, 2.24) is 10.6 Å². The van der Waals surface area contributed by atoms with Gasteiger partial charge in [-0.05, 0) is 38.8 Å². The van der Waals surface area contributed by atoms with E-state index in [1.807, 2.05) is 13.8 Å². The van der Waals surface area contributed by atoms with E-state index in [1.165, 1.54) is 18.2 Å². The van der Waals surface area contributed by atoms with E-state index < -0.39 is 11.7 Å². The maximum Gasteiger partial charge on any atom is 0.419 e. The van der Waals surface area contributed by atoms with Crippen LogP contribution in [-0.2, 0) is 10.9 Å². The van der Waals surface area contributed by atoms with Gasteiger partial charge in [-0.25, -0.2) is 0 Å². The lowest BCUT2D eigenvalue weighted by atomic mass is 10.2. The number of ether oxygens (including phenoxy) is 2. The third kappa shape index (κ3) is 8.94. The van der Waals surface area contributed by atoms with Gasteiger partial charge < -0.3 is 20.1 Å². The van der Waals surface area contributed by atoms with Gasteiger partial charge in [0.05, 0.1) is 12.1 Å². The van der Waals surface area contributed by atoms with Crippen molar-refractivity contribution in [3.63, 3.8) is 0 Å². The van der Waals surface area contributed by atoms with Crippen LogP contribution in [0.4, 0.5) is 13.2 Å². The molecule has 0 unspecified atom stereocenters. The lowest BCUT2D eigenvalue weighted by Crippen LogP contribution is -2.39. The van der Waals surface area contributed by atoms with Gasteiger partial charge >= 0.3 is 6.18 Å². The highest BCUT2D eigenvalue weighted by Gasteiger charge is 2.33. The number of para-hydroxylation sites is 1. The quantitative estimate of drug-likeness (QED) is 0.353. The molecule has 1 rings (SSSR count). The van der Waals surface area contributed by atoms with Crippen LogP contribution in [0.1, 0.15) is 32.3 Å². The molecule has 0 atom stereocenters. The summed E-state index contributed by atoms with van der Waals surface area (Å²) in [6.07, 6.45) is -2.58. The first-order chi connectivity index (χ1) is 12.5. The molecule has 148 valence electrons. The monoisotopic (exact) mass is 375 g/mol. The zero-order chi connectivity index (χ0) is 19.3. The summed E-state index contributed by atoms with van der Waals surface area (Å²) in [6, 6.07) is 5.19. The normalized spacial score (nSPS) is 12.1. The zero-order valence-electron chi connectivity index (χ0n) is 15.4. The van der Waals surface area contributed by atoms with Crippen molar-refractivity contribution in [3.8, 4) is 5.75 Å². The zero-order valence-corrected chi connectivity index (χ0v) is 15.4. The lowest BCUT2D eigenvalue weighted by molar-refractivity contribution is -0.138. The lowest BCUT2D eigenvalue weighted by Gasteiger charge is -2.15. The predicted octanol–water partition coefficient (Wildman–Crippen LogP) is 3.46. The van der Waals surface area contributed by atoms with E-state index in [9.17, 15) is 13.2 Å². The van der Waals surface area contributed by atoms with Gasteiger partial charge in [0.2, 0.25) is 0 Å². The summed E-state index contributed by atoms with van der Waals surface area (Å²) in [5, 5.41) is 6.14. The SMILES string of the molecule is CCNC(=NCCCCOCC)NCCOc1ccccc1C(F)(F)F. The third-order valence-electron chi connectivity index (χ3n) is 3.36. The van der Waals surface area contributed by atoms with E-state index in [-0.39, 0.29) is 12.4 Å². The molecule has 0 aliphatic rings. The Kier molecular flexibility index (Phi) is 10.5. The molecular formula is C18H28F3N3O2. The first-order valence-corrected chi connectivity index (χ1v) is 8.88. The molecule has 0 spiro atoms. The highest BCUT2D eigenvalue weighted by Crippen LogP contribution is 2.35. The minimum atomic E-state index is -4.43. The number of aliphatic imine (C=N–C) groups is 1. The number of benzene rings is 1. The molecule has 0 aromatic heterocycles. The molecular weight excluding hydrogens is 347 g/mol. The summed E-state index contributed by atoms with van der Waals surface area (Å²) in [5.74, 6) is 0.455. The van der Waals surface area contributed by atoms with Crippen LogP contribution in [0, 0.1) is 0 Å². The molecule has 5 nitrogen and oxygen atoms in total. The summed E-state index contributed by atoms with van der Waals surface area (Å²) in [6.45, 7) is 7.14. The number of nitrogens with zero attached hydrogens (tertiary/aromatic N) is 1. The molecule has 1 aromatic carbocycles. The van der Waals surface area contributed by atoms with Crippen molar-refractivity contribution in [1.29, 1.82) is 0 Å². The van der Waals surface area contributed by atoms with Crippen molar-refractivity contribution in [2.24, 2.45) is 4.99 Å². The first kappa shape index (κ1) is 22.1. The molecule has 0 saturated carbocycles. The van der Waals surface area contributed by atoms with Crippen molar-refractivity contribution in [2.45, 2.75) is 32.9 Å². The molecule has 0 aliphatic carbocycles. The number of rotatable bonds is 11. The molecule has 1 aromatic rings. The molecule has 0 bridgehead atoms. The fourth-order valence-corrected chi connectivity index (χ4v) is 2.15. The second-order valence-electron chi connectivity index (χ2n) is 5.43. The second-order valence-corrected chi connectivity index (χ2v) is 5.43. The topological polar surface area (TPSA) is 54.9 Å². The molecule has 26 heavy (non-hydrogen) atoms. The van der Waals surface area contributed by atoms with Crippen LogP contribution in [0.2, 0.25) is 0 Å². The molecule has 0 fully saturated rings. The Balaban J connectivity index is 2.39. The Bertz CT molecular complexity index is 537. The average Bonchev–Trinajstić information content (AvgIpc) is 2.61. The van der Waals surface area contributed by atoms with Crippen molar-refractivity contribution >= 4 is 5.96 Å². The predicted molar refractivity (Wildman–Crippen MR) is 96.6 cm³/mol. The van der Waals surface area contributed by atoms with Gasteiger partial charge in [0.25, 0.3) is 0 Å². The number of halogens is 3. The van der Waals surface area contributed by atoms with Gasteiger partial charge in [-0.1, -0.05) is 12.1 Å². The van der Waals surface area contributed by atoms with Crippen LogP contribution in [0.25, 0.3) is 0 Å². The molecule has 0 saturated heterocycles. The second kappa shape index (κ2) is 12.4. The van der Waals surface area contributed by atoms with Crippen LogP contribution >= 0.6 is 0 Å². The minimum Gasteiger partial charge on any atom is -0.491 e. The van der Waals surface area contributed by atoms with E-state index in [1.54, 1.807) is 0 Å². The highest BCUT2D eigenvalue weighted by molar-refractivity contribution is 5.79. The van der Waals surface area contributed by atoms with Gasteiger partial charge in [0, 0.05) is 26.3 Å². The number of nitrogens with one attached hydrogen (secondary N) is 2. The van der Waals surface area contributed by atoms with E-state index in [4.69, 9.17) is 9.47 Å². The summed E-state index contributed by atoms with van der Waals surface area (Å²) in [5.41, 5.74) is -0.769. The number of hydrogen-bond acceptors (Lipinski definition) is 3. The van der Waals surface area contributed by atoms with Gasteiger partial charge in [0.15, 0.2) is 5.96 Å². The number of unbranched alkanes of at least 4 members (excludes halogenated alkanes) is 1. The van der Waals surface area contributed by atoms with Gasteiger partial charge in [-0.3, -0.25) is 4.99 Å². The van der Waals surface area contributed by atoms with Crippen LogP contribution in [-0.4, -0.2) is 45.4 Å². The average molecular weight is 375 g/mol. The van der Waals surface area contributed by atoms with Gasteiger partial charge in [-0.15, -0.1) is 0 Å². The molecule has 0 heterocycles. The molecule has 8 heteroatoms. The number of alkyl halides is 3. The van der Waals surface area contributed by atoms with Crippen molar-refractivity contribution < 1.29 is 22.6 Å². The van der Waals surface area contributed by atoms with Crippen molar-refractivity contribution in [3.05, 3.63) is 29.8 Å². The summed E-state index contributed by atoms with van der Waals surface area (Å²) in [7, 11) is 0. The fraction of sp³-hybridized carbons (Fsp3) is 0.611. The number of hydrogen-bond donors (Lipinski definition) is 2. The summed E-state index contributed by atoms with van der Waals surface area (Å²) >= 11 is 0. The Morgan fingerprint density at radius 1 is 1.08 bits per heavy atom. The Hall–Kier alpha value is -1.96. The Morgan fingerprint density at radius 3 is 2.54 bits per heavy atom. The Morgan fingerprint density at radius 2 is 1.85 bits per heavy atom. The van der Waals surface area contributed by atoms with Crippen LogP contribution < -0.4 is 15.4 Å². The molecule has 0 aliphatic heterocycles. The fourth-order valence-electron chi connectivity index (χ4n) is 2.15. The standard InChI is InChI=1S/C18H28F3N3O2/c1-3-22-17(23-11-7-8-13-25-4-2)24-12-14-26-16-10-6-5-9-15(16)18(19,20)21/h5-6,9-10H,3-4,7-8,11-14H2,1-2H3,(H2,22,23,24). The van der Waals surface area contributed by atoms with E-state index in [0.29, 0.717) is 32.2 Å². The Labute approximate surface area is 153 Å². The van der Waals surface area contributed by atoms with E-state index in [0.717, 1.165) is 25.5 Å². The van der Waals surface area contributed by atoms with Gasteiger partial charge in [0.1, 0.15) is 12.4 Å². The van der Waals surface area contributed by atoms with Crippen molar-refractivity contribution in [2.75, 3.05) is 39.5 Å². The smallest absolute Gasteiger partial charge is 0.419 e. The minimum absolute atomic E-state index is 0.0991. The summed E-state index contributed by atoms with van der Waals surface area (Å²) in [4.78, 5) is 4.42. The highest BCUT2D eigenvalue weighted by atomic mass is 19.4. The third-order valence-corrected chi connectivity index (χ3v) is 3.36. The van der Waals surface area contributed by atoms with E-state index in [2.05, 4.69) is 15.6 Å². The maximum atomic E-state index is 12.9. The van der Waals surface area contributed by atoms with E-state index >= 15 is 0 Å². The van der Waals surface area contributed by atoms with Crippen LogP contribution in [0.15, 0.2) is 29.3 Å². The van der Waals surface area contributed by atoms with Gasteiger partial charge in [-0.2, -0.15) is 13.2 Å². The number of guanidine groups is 1.